The second-order valence-electron chi connectivity index (χ2n) is 4.20. The Hall–Kier alpha value is -1.75. The first-order valence-corrected chi connectivity index (χ1v) is 6.35. The van der Waals surface area contributed by atoms with Crippen molar-refractivity contribution in [1.29, 1.82) is 0 Å². The van der Waals surface area contributed by atoms with E-state index in [1.54, 1.807) is 18.5 Å². The van der Waals surface area contributed by atoms with Crippen LogP contribution in [-0.4, -0.2) is 11.5 Å². The Morgan fingerprint density at radius 2 is 1.95 bits per heavy atom. The van der Waals surface area contributed by atoms with Crippen LogP contribution in [0.5, 0.6) is 0 Å². The van der Waals surface area contributed by atoms with E-state index in [1.165, 1.54) is 12.1 Å². The SMILES string of the molecule is FC(F)(F)c1cccc(Cl)c1NCCc1cccnc1. The molecule has 2 rings (SSSR count). The average molecular weight is 301 g/mol. The van der Waals surface area contributed by atoms with E-state index < -0.39 is 11.7 Å². The standard InChI is InChI=1S/C14H12ClF3N2/c15-12-5-1-4-11(14(16,17)18)13(12)20-8-6-10-3-2-7-19-9-10/h1-5,7,9,20H,6,8H2. The van der Waals surface area contributed by atoms with Crippen LogP contribution < -0.4 is 5.32 Å². The van der Waals surface area contributed by atoms with E-state index in [2.05, 4.69) is 10.3 Å². The minimum atomic E-state index is -4.43. The van der Waals surface area contributed by atoms with Crippen molar-refractivity contribution in [2.75, 3.05) is 11.9 Å². The van der Waals surface area contributed by atoms with Crippen molar-refractivity contribution in [1.82, 2.24) is 4.98 Å². The Kier molecular flexibility index (Phi) is 4.49. The summed E-state index contributed by atoms with van der Waals surface area (Å²) in [6.07, 6.45) is -0.538. The predicted molar refractivity (Wildman–Crippen MR) is 72.9 cm³/mol. The summed E-state index contributed by atoms with van der Waals surface area (Å²) >= 11 is 5.84. The number of pyridine rings is 1. The molecule has 0 amide bonds. The summed E-state index contributed by atoms with van der Waals surface area (Å²) in [6.45, 7) is 0.346. The van der Waals surface area contributed by atoms with E-state index in [9.17, 15) is 13.2 Å². The second kappa shape index (κ2) is 6.13. The maximum absolute atomic E-state index is 12.9. The van der Waals surface area contributed by atoms with E-state index in [0.717, 1.165) is 11.6 Å². The van der Waals surface area contributed by atoms with E-state index in [-0.39, 0.29) is 10.7 Å². The van der Waals surface area contributed by atoms with Gasteiger partial charge in [-0.05, 0) is 30.2 Å². The topological polar surface area (TPSA) is 24.9 Å². The highest BCUT2D eigenvalue weighted by atomic mass is 35.5. The van der Waals surface area contributed by atoms with E-state index in [1.807, 2.05) is 6.07 Å². The Labute approximate surface area is 119 Å². The second-order valence-corrected chi connectivity index (χ2v) is 4.61. The summed E-state index contributed by atoms with van der Waals surface area (Å²) < 4.78 is 38.6. The van der Waals surface area contributed by atoms with Gasteiger partial charge in [-0.15, -0.1) is 0 Å². The predicted octanol–water partition coefficient (Wildman–Crippen LogP) is 4.41. The van der Waals surface area contributed by atoms with Crippen molar-refractivity contribution >= 4 is 17.3 Å². The number of alkyl halides is 3. The third kappa shape index (κ3) is 3.63. The van der Waals surface area contributed by atoms with Crippen LogP contribution in [0.15, 0.2) is 42.7 Å². The van der Waals surface area contributed by atoms with Gasteiger partial charge in [-0.1, -0.05) is 23.7 Å². The van der Waals surface area contributed by atoms with Crippen LogP contribution in [0.1, 0.15) is 11.1 Å². The van der Waals surface area contributed by atoms with Crippen molar-refractivity contribution in [3.63, 3.8) is 0 Å². The molecule has 0 aliphatic rings. The lowest BCUT2D eigenvalue weighted by atomic mass is 10.1. The van der Waals surface area contributed by atoms with Crippen molar-refractivity contribution < 1.29 is 13.2 Å². The fourth-order valence-corrected chi connectivity index (χ4v) is 2.06. The highest BCUT2D eigenvalue weighted by Crippen LogP contribution is 2.38. The number of halogens is 4. The van der Waals surface area contributed by atoms with E-state index in [0.29, 0.717) is 13.0 Å². The number of para-hydroxylation sites is 1. The molecule has 0 bridgehead atoms. The van der Waals surface area contributed by atoms with Gasteiger partial charge in [0.15, 0.2) is 0 Å². The number of aromatic nitrogens is 1. The highest BCUT2D eigenvalue weighted by molar-refractivity contribution is 6.33. The Bertz CT molecular complexity index is 570. The van der Waals surface area contributed by atoms with Gasteiger partial charge in [-0.3, -0.25) is 4.98 Å². The van der Waals surface area contributed by atoms with Gasteiger partial charge in [0.2, 0.25) is 0 Å². The monoisotopic (exact) mass is 300 g/mol. The molecule has 1 aromatic heterocycles. The fraction of sp³-hybridized carbons (Fsp3) is 0.214. The Morgan fingerprint density at radius 3 is 2.60 bits per heavy atom. The Balaban J connectivity index is 2.10. The van der Waals surface area contributed by atoms with Crippen molar-refractivity contribution in [3.8, 4) is 0 Å². The highest BCUT2D eigenvalue weighted by Gasteiger charge is 2.34. The maximum Gasteiger partial charge on any atom is 0.418 e. The first-order chi connectivity index (χ1) is 9.48. The summed E-state index contributed by atoms with van der Waals surface area (Å²) in [5, 5.41) is 2.82. The molecule has 0 atom stereocenters. The van der Waals surface area contributed by atoms with Crippen LogP contribution in [0.2, 0.25) is 5.02 Å². The molecule has 0 aliphatic carbocycles. The third-order valence-electron chi connectivity index (χ3n) is 2.76. The van der Waals surface area contributed by atoms with Crippen LogP contribution in [-0.2, 0) is 12.6 Å². The molecular formula is C14H12ClF3N2. The molecule has 0 saturated carbocycles. The van der Waals surface area contributed by atoms with Gasteiger partial charge in [0.1, 0.15) is 0 Å². The zero-order valence-electron chi connectivity index (χ0n) is 10.4. The molecule has 0 fully saturated rings. The minimum absolute atomic E-state index is 0.0611. The fourth-order valence-electron chi connectivity index (χ4n) is 1.82. The first kappa shape index (κ1) is 14.7. The van der Waals surface area contributed by atoms with E-state index in [4.69, 9.17) is 11.6 Å². The Morgan fingerprint density at radius 1 is 1.15 bits per heavy atom. The zero-order valence-corrected chi connectivity index (χ0v) is 11.2. The molecule has 0 saturated heterocycles. The molecule has 0 spiro atoms. The van der Waals surface area contributed by atoms with Gasteiger partial charge in [-0.2, -0.15) is 13.2 Å². The molecule has 0 aliphatic heterocycles. The molecule has 0 unspecified atom stereocenters. The molecule has 2 nitrogen and oxygen atoms in total. The van der Waals surface area contributed by atoms with Crippen LogP contribution in [0.25, 0.3) is 0 Å². The van der Waals surface area contributed by atoms with Gasteiger partial charge in [0.05, 0.1) is 16.3 Å². The molecule has 0 radical (unpaired) electrons. The van der Waals surface area contributed by atoms with Gasteiger partial charge in [0, 0.05) is 18.9 Å². The number of nitrogens with one attached hydrogen (secondary N) is 1. The summed E-state index contributed by atoms with van der Waals surface area (Å²) in [5.74, 6) is 0. The number of hydrogen-bond acceptors (Lipinski definition) is 2. The molecule has 20 heavy (non-hydrogen) atoms. The van der Waals surface area contributed by atoms with Gasteiger partial charge < -0.3 is 5.32 Å². The van der Waals surface area contributed by atoms with Crippen molar-refractivity contribution in [2.24, 2.45) is 0 Å². The maximum atomic E-state index is 12.9. The van der Waals surface area contributed by atoms with Crippen LogP contribution in [0.3, 0.4) is 0 Å². The number of benzene rings is 1. The van der Waals surface area contributed by atoms with Crippen LogP contribution in [0, 0.1) is 0 Å². The summed E-state index contributed by atoms with van der Waals surface area (Å²) in [6, 6.07) is 7.39. The molecule has 106 valence electrons. The molecule has 2 aromatic rings. The van der Waals surface area contributed by atoms with Crippen LogP contribution in [0.4, 0.5) is 18.9 Å². The number of nitrogens with zero attached hydrogens (tertiary/aromatic N) is 1. The van der Waals surface area contributed by atoms with Gasteiger partial charge in [0.25, 0.3) is 0 Å². The lowest BCUT2D eigenvalue weighted by molar-refractivity contribution is -0.136. The number of rotatable bonds is 4. The lowest BCUT2D eigenvalue weighted by Crippen LogP contribution is -2.13. The molecule has 6 heteroatoms. The molecule has 1 heterocycles. The molecule has 1 aromatic carbocycles. The molecule has 1 N–H and O–H groups in total. The quantitative estimate of drug-likeness (QED) is 0.905. The van der Waals surface area contributed by atoms with E-state index >= 15 is 0 Å². The normalized spacial score (nSPS) is 11.4. The van der Waals surface area contributed by atoms with Crippen molar-refractivity contribution in [2.45, 2.75) is 12.6 Å². The zero-order chi connectivity index (χ0) is 14.6. The number of anilines is 1. The molecular weight excluding hydrogens is 289 g/mol. The summed E-state index contributed by atoms with van der Waals surface area (Å²) in [5.41, 5.74) is 0.113. The average Bonchev–Trinajstić information content (AvgIpc) is 2.40. The van der Waals surface area contributed by atoms with Crippen LogP contribution >= 0.6 is 11.6 Å². The largest absolute Gasteiger partial charge is 0.418 e. The summed E-state index contributed by atoms with van der Waals surface area (Å²) in [7, 11) is 0. The third-order valence-corrected chi connectivity index (χ3v) is 3.07. The van der Waals surface area contributed by atoms with Crippen molar-refractivity contribution in [3.05, 3.63) is 58.9 Å². The number of hydrogen-bond donors (Lipinski definition) is 1. The minimum Gasteiger partial charge on any atom is -0.383 e. The van der Waals surface area contributed by atoms with Gasteiger partial charge >= 0.3 is 6.18 Å². The first-order valence-electron chi connectivity index (χ1n) is 5.97. The van der Waals surface area contributed by atoms with Gasteiger partial charge in [-0.25, -0.2) is 0 Å². The smallest absolute Gasteiger partial charge is 0.383 e. The summed E-state index contributed by atoms with van der Waals surface area (Å²) in [4.78, 5) is 3.95. The lowest BCUT2D eigenvalue weighted by Gasteiger charge is -2.15.